The molecule has 1 aromatic rings. The summed E-state index contributed by atoms with van der Waals surface area (Å²) in [4.78, 5) is 11.1. The van der Waals surface area contributed by atoms with E-state index in [1.165, 1.54) is 0 Å². The van der Waals surface area contributed by atoms with Crippen LogP contribution in [0.1, 0.15) is 6.42 Å². The molecule has 0 aromatic carbocycles. The van der Waals surface area contributed by atoms with Crippen molar-refractivity contribution in [2.24, 2.45) is 0 Å². The predicted molar refractivity (Wildman–Crippen MR) is 70.0 cm³/mol. The molecule has 2 fully saturated rings. The van der Waals surface area contributed by atoms with E-state index in [4.69, 9.17) is 4.74 Å². The van der Waals surface area contributed by atoms with Gasteiger partial charge in [0.2, 0.25) is 5.95 Å². The van der Waals surface area contributed by atoms with Gasteiger partial charge in [0.15, 0.2) is 0 Å². The van der Waals surface area contributed by atoms with Crippen LogP contribution in [0.5, 0.6) is 0 Å². The normalized spacial score (nSPS) is 24.2. The first-order valence-corrected chi connectivity index (χ1v) is 6.55. The van der Waals surface area contributed by atoms with Gasteiger partial charge >= 0.3 is 0 Å². The van der Waals surface area contributed by atoms with Gasteiger partial charge in [-0.15, -0.1) is 0 Å². The van der Waals surface area contributed by atoms with Crippen molar-refractivity contribution in [1.82, 2.24) is 15.3 Å². The lowest BCUT2D eigenvalue weighted by Crippen LogP contribution is -2.37. The van der Waals surface area contributed by atoms with Crippen LogP contribution in [0.2, 0.25) is 0 Å². The third kappa shape index (κ3) is 2.70. The molecule has 0 radical (unpaired) electrons. The van der Waals surface area contributed by atoms with Gasteiger partial charge in [-0.25, -0.2) is 4.98 Å². The van der Waals surface area contributed by atoms with Crippen molar-refractivity contribution >= 4 is 11.8 Å². The summed E-state index contributed by atoms with van der Waals surface area (Å²) in [5, 5.41) is 6.70. The Balaban J connectivity index is 1.67. The number of ether oxygens (including phenoxy) is 1. The number of nitrogens with one attached hydrogen (secondary N) is 2. The van der Waals surface area contributed by atoms with Crippen molar-refractivity contribution in [1.29, 1.82) is 0 Å². The number of nitrogens with zero attached hydrogens (tertiary/aromatic N) is 3. The lowest BCUT2D eigenvalue weighted by molar-refractivity contribution is 0.122. The van der Waals surface area contributed by atoms with Gasteiger partial charge in [-0.1, -0.05) is 0 Å². The summed E-state index contributed by atoms with van der Waals surface area (Å²) < 4.78 is 5.35. The van der Waals surface area contributed by atoms with Crippen molar-refractivity contribution in [3.63, 3.8) is 0 Å². The van der Waals surface area contributed by atoms with Crippen molar-refractivity contribution in [2.45, 2.75) is 12.5 Å². The Hall–Kier alpha value is -1.40. The zero-order valence-electron chi connectivity index (χ0n) is 10.4. The molecule has 0 aliphatic carbocycles. The van der Waals surface area contributed by atoms with Crippen molar-refractivity contribution < 1.29 is 4.74 Å². The highest BCUT2D eigenvalue weighted by Crippen LogP contribution is 2.14. The van der Waals surface area contributed by atoms with Crippen LogP contribution >= 0.6 is 0 Å². The third-order valence-electron chi connectivity index (χ3n) is 3.37. The Morgan fingerprint density at radius 2 is 2.28 bits per heavy atom. The van der Waals surface area contributed by atoms with Gasteiger partial charge < -0.3 is 20.3 Å². The van der Waals surface area contributed by atoms with Gasteiger partial charge in [-0.2, -0.15) is 4.98 Å². The predicted octanol–water partition coefficient (Wildman–Crippen LogP) is 0.0870. The molecule has 1 atom stereocenters. The number of hydrogen-bond acceptors (Lipinski definition) is 6. The van der Waals surface area contributed by atoms with Crippen LogP contribution in [-0.2, 0) is 4.74 Å². The van der Waals surface area contributed by atoms with E-state index < -0.39 is 0 Å². The van der Waals surface area contributed by atoms with Crippen LogP contribution < -0.4 is 15.5 Å². The summed E-state index contributed by atoms with van der Waals surface area (Å²) >= 11 is 0. The zero-order valence-corrected chi connectivity index (χ0v) is 10.4. The first-order valence-electron chi connectivity index (χ1n) is 6.55. The molecule has 3 heterocycles. The standard InChI is InChI=1S/C12H19N5O/c1-3-13-9-10(1)15-12-14-4-2-11(16-12)17-5-7-18-8-6-17/h2,4,10,13H,1,3,5-9H2,(H,14,15,16). The molecule has 1 unspecified atom stereocenters. The Morgan fingerprint density at radius 1 is 1.39 bits per heavy atom. The van der Waals surface area contributed by atoms with Gasteiger partial charge in [0.25, 0.3) is 0 Å². The van der Waals surface area contributed by atoms with E-state index in [0.717, 1.165) is 57.6 Å². The summed E-state index contributed by atoms with van der Waals surface area (Å²) in [7, 11) is 0. The zero-order chi connectivity index (χ0) is 12.2. The van der Waals surface area contributed by atoms with E-state index in [1.807, 2.05) is 12.3 Å². The molecule has 3 rings (SSSR count). The molecule has 6 heteroatoms. The van der Waals surface area contributed by atoms with Crippen LogP contribution in [0.3, 0.4) is 0 Å². The second kappa shape index (κ2) is 5.49. The fraction of sp³-hybridized carbons (Fsp3) is 0.667. The molecule has 18 heavy (non-hydrogen) atoms. The van der Waals surface area contributed by atoms with Gasteiger partial charge in [0, 0.05) is 31.9 Å². The molecule has 0 amide bonds. The molecule has 1 aromatic heterocycles. The fourth-order valence-electron chi connectivity index (χ4n) is 2.35. The SMILES string of the molecule is c1cc(N2CCOCC2)nc(NC2CCNC2)n1. The molecular weight excluding hydrogens is 230 g/mol. The Labute approximate surface area is 107 Å². The fourth-order valence-corrected chi connectivity index (χ4v) is 2.35. The van der Waals surface area contributed by atoms with E-state index >= 15 is 0 Å². The maximum absolute atomic E-state index is 5.35. The summed E-state index contributed by atoms with van der Waals surface area (Å²) in [6, 6.07) is 2.41. The van der Waals surface area contributed by atoms with Crippen molar-refractivity contribution in [3.05, 3.63) is 12.3 Å². The number of aromatic nitrogens is 2. The molecule has 0 bridgehead atoms. The van der Waals surface area contributed by atoms with Crippen LogP contribution in [0.4, 0.5) is 11.8 Å². The smallest absolute Gasteiger partial charge is 0.224 e. The topological polar surface area (TPSA) is 62.3 Å². The molecule has 2 saturated heterocycles. The average Bonchev–Trinajstić information content (AvgIpc) is 2.93. The Bertz CT molecular complexity index is 388. The lowest BCUT2D eigenvalue weighted by atomic mass is 10.3. The highest BCUT2D eigenvalue weighted by molar-refractivity contribution is 5.43. The second-order valence-corrected chi connectivity index (χ2v) is 4.67. The van der Waals surface area contributed by atoms with Gasteiger partial charge in [0.1, 0.15) is 5.82 Å². The third-order valence-corrected chi connectivity index (χ3v) is 3.37. The van der Waals surface area contributed by atoms with Crippen LogP contribution in [-0.4, -0.2) is 55.4 Å². The quantitative estimate of drug-likeness (QED) is 0.791. The summed E-state index contributed by atoms with van der Waals surface area (Å²) in [5.41, 5.74) is 0. The van der Waals surface area contributed by atoms with Crippen molar-refractivity contribution in [3.8, 4) is 0 Å². The van der Waals surface area contributed by atoms with E-state index in [-0.39, 0.29) is 0 Å². The molecule has 6 nitrogen and oxygen atoms in total. The number of rotatable bonds is 3. The molecule has 2 aliphatic rings. The molecular formula is C12H19N5O. The summed E-state index contributed by atoms with van der Waals surface area (Å²) in [6.45, 7) is 5.42. The largest absolute Gasteiger partial charge is 0.378 e. The molecule has 2 N–H and O–H groups in total. The number of anilines is 2. The van der Waals surface area contributed by atoms with Crippen LogP contribution in [0, 0.1) is 0 Å². The first-order chi connectivity index (χ1) is 8.92. The lowest BCUT2D eigenvalue weighted by Gasteiger charge is -2.28. The maximum Gasteiger partial charge on any atom is 0.224 e. The van der Waals surface area contributed by atoms with E-state index in [1.54, 1.807) is 0 Å². The van der Waals surface area contributed by atoms with Gasteiger partial charge in [0.05, 0.1) is 13.2 Å². The minimum Gasteiger partial charge on any atom is -0.378 e. The summed E-state index contributed by atoms with van der Waals surface area (Å²) in [5.74, 6) is 1.72. The maximum atomic E-state index is 5.35. The second-order valence-electron chi connectivity index (χ2n) is 4.67. The molecule has 0 spiro atoms. The van der Waals surface area contributed by atoms with E-state index in [9.17, 15) is 0 Å². The molecule has 98 valence electrons. The Morgan fingerprint density at radius 3 is 3.06 bits per heavy atom. The van der Waals surface area contributed by atoms with Crippen LogP contribution in [0.15, 0.2) is 12.3 Å². The molecule has 2 aliphatic heterocycles. The van der Waals surface area contributed by atoms with Crippen LogP contribution in [0.25, 0.3) is 0 Å². The van der Waals surface area contributed by atoms with E-state index in [0.29, 0.717) is 6.04 Å². The number of morpholine rings is 1. The monoisotopic (exact) mass is 249 g/mol. The number of hydrogen-bond donors (Lipinski definition) is 2. The highest BCUT2D eigenvalue weighted by Gasteiger charge is 2.16. The minimum absolute atomic E-state index is 0.449. The Kier molecular flexibility index (Phi) is 3.56. The highest BCUT2D eigenvalue weighted by atomic mass is 16.5. The van der Waals surface area contributed by atoms with E-state index in [2.05, 4.69) is 25.5 Å². The van der Waals surface area contributed by atoms with Gasteiger partial charge in [-0.05, 0) is 19.0 Å². The average molecular weight is 249 g/mol. The first kappa shape index (κ1) is 11.7. The van der Waals surface area contributed by atoms with Crippen molar-refractivity contribution in [2.75, 3.05) is 49.6 Å². The summed E-state index contributed by atoms with van der Waals surface area (Å²) in [6.07, 6.45) is 2.95. The molecule has 0 saturated carbocycles. The van der Waals surface area contributed by atoms with Gasteiger partial charge in [-0.3, -0.25) is 0 Å². The minimum atomic E-state index is 0.449.